The molecule has 0 aliphatic carbocycles. The van der Waals surface area contributed by atoms with Gasteiger partial charge in [0.1, 0.15) is 0 Å². The van der Waals surface area contributed by atoms with Gasteiger partial charge in [-0.05, 0) is 19.3 Å². The van der Waals surface area contributed by atoms with Gasteiger partial charge in [-0.15, -0.1) is 0 Å². The molecular weight excluding hydrogens is 172 g/mol. The molecule has 76 valence electrons. The van der Waals surface area contributed by atoms with Crippen LogP contribution in [0.15, 0.2) is 10.8 Å². The van der Waals surface area contributed by atoms with Crippen molar-refractivity contribution in [1.29, 1.82) is 0 Å². The van der Waals surface area contributed by atoms with Gasteiger partial charge < -0.3 is 0 Å². The molecule has 0 atom stereocenters. The number of hydrogen-bond donors (Lipinski definition) is 0. The van der Waals surface area contributed by atoms with Gasteiger partial charge in [0.05, 0.1) is 8.07 Å². The Balaban J connectivity index is 2.78. The highest BCUT2D eigenvalue weighted by atomic mass is 28.3. The molecular formula is C12H24Si. The van der Waals surface area contributed by atoms with E-state index < -0.39 is 8.07 Å². The van der Waals surface area contributed by atoms with Gasteiger partial charge in [0.2, 0.25) is 0 Å². The summed E-state index contributed by atoms with van der Waals surface area (Å²) in [6, 6.07) is 1.53. The molecule has 1 aliphatic rings. The first-order valence-electron chi connectivity index (χ1n) is 5.83. The predicted molar refractivity (Wildman–Crippen MR) is 63.7 cm³/mol. The minimum absolute atomic E-state index is 0.911. The molecule has 0 spiro atoms. The van der Waals surface area contributed by atoms with Crippen LogP contribution >= 0.6 is 0 Å². The fraction of sp³-hybridized carbons (Fsp3) is 0.833. The van der Waals surface area contributed by atoms with Crippen molar-refractivity contribution in [3.63, 3.8) is 0 Å². The molecule has 0 aromatic rings. The summed E-state index contributed by atoms with van der Waals surface area (Å²) in [5.74, 6) is 0. The molecule has 0 N–H and O–H groups in total. The third-order valence-corrected chi connectivity index (χ3v) is 7.08. The Kier molecular flexibility index (Phi) is 3.78. The van der Waals surface area contributed by atoms with Crippen molar-refractivity contribution >= 4 is 8.07 Å². The van der Waals surface area contributed by atoms with Crippen LogP contribution in [0.1, 0.15) is 46.0 Å². The molecule has 0 aromatic heterocycles. The third-order valence-electron chi connectivity index (χ3n) is 3.35. The Morgan fingerprint density at radius 2 is 1.69 bits per heavy atom. The van der Waals surface area contributed by atoms with E-state index in [4.69, 9.17) is 0 Å². The Hall–Kier alpha value is -0.0431. The van der Waals surface area contributed by atoms with Crippen molar-refractivity contribution in [3.8, 4) is 0 Å². The van der Waals surface area contributed by atoms with Crippen molar-refractivity contribution in [2.75, 3.05) is 0 Å². The summed E-state index contributed by atoms with van der Waals surface area (Å²) >= 11 is 0. The van der Waals surface area contributed by atoms with E-state index in [1.807, 2.05) is 10.8 Å². The standard InChI is InChI=1S/C12H24Si/c1-5-7-11-9-10-13(3,4)12(11)8-6-2/h5-10H2,1-4H3. The molecule has 1 heteroatoms. The molecule has 13 heavy (non-hydrogen) atoms. The van der Waals surface area contributed by atoms with Crippen LogP contribution in [0.5, 0.6) is 0 Å². The third kappa shape index (κ3) is 2.46. The van der Waals surface area contributed by atoms with Crippen LogP contribution in [-0.2, 0) is 0 Å². The summed E-state index contributed by atoms with van der Waals surface area (Å²) in [4.78, 5) is 0. The van der Waals surface area contributed by atoms with Crippen LogP contribution in [0.2, 0.25) is 19.1 Å². The van der Waals surface area contributed by atoms with Gasteiger partial charge in [0, 0.05) is 0 Å². The SMILES string of the molecule is CCCC1=C(CCC)[Si](C)(C)CC1. The van der Waals surface area contributed by atoms with Crippen LogP contribution in [0.4, 0.5) is 0 Å². The van der Waals surface area contributed by atoms with E-state index in [-0.39, 0.29) is 0 Å². The maximum atomic E-state index is 2.56. The van der Waals surface area contributed by atoms with Gasteiger partial charge >= 0.3 is 0 Å². The average Bonchev–Trinajstić information content (AvgIpc) is 2.33. The molecule has 0 saturated heterocycles. The summed E-state index contributed by atoms with van der Waals surface area (Å²) in [7, 11) is -0.911. The van der Waals surface area contributed by atoms with E-state index >= 15 is 0 Å². The van der Waals surface area contributed by atoms with E-state index in [9.17, 15) is 0 Å². The van der Waals surface area contributed by atoms with E-state index in [0.29, 0.717) is 0 Å². The Labute approximate surface area is 84.4 Å². The van der Waals surface area contributed by atoms with Crippen LogP contribution < -0.4 is 0 Å². The lowest BCUT2D eigenvalue weighted by molar-refractivity contribution is 0.842. The first kappa shape index (κ1) is 11.0. The maximum Gasteiger partial charge on any atom is 0.0757 e. The lowest BCUT2D eigenvalue weighted by Gasteiger charge is -2.20. The highest BCUT2D eigenvalue weighted by Gasteiger charge is 2.32. The molecule has 0 aromatic carbocycles. The maximum absolute atomic E-state index is 2.56. The summed E-state index contributed by atoms with van der Waals surface area (Å²) in [6.45, 7) is 9.74. The second-order valence-corrected chi connectivity index (χ2v) is 9.84. The molecule has 1 heterocycles. The van der Waals surface area contributed by atoms with Crippen LogP contribution in [0.3, 0.4) is 0 Å². The first-order valence-corrected chi connectivity index (χ1v) is 9.04. The van der Waals surface area contributed by atoms with Gasteiger partial charge in [-0.1, -0.05) is 56.6 Å². The summed E-state index contributed by atoms with van der Waals surface area (Å²) in [6.07, 6.45) is 6.90. The lowest BCUT2D eigenvalue weighted by atomic mass is 10.1. The largest absolute Gasteiger partial charge is 0.0816 e. The Morgan fingerprint density at radius 1 is 1.08 bits per heavy atom. The molecule has 0 amide bonds. The zero-order valence-electron chi connectivity index (χ0n) is 9.74. The average molecular weight is 196 g/mol. The van der Waals surface area contributed by atoms with Crippen molar-refractivity contribution in [2.24, 2.45) is 0 Å². The minimum atomic E-state index is -0.911. The van der Waals surface area contributed by atoms with Gasteiger partial charge in [-0.2, -0.15) is 0 Å². The van der Waals surface area contributed by atoms with Crippen molar-refractivity contribution in [3.05, 3.63) is 10.8 Å². The Morgan fingerprint density at radius 3 is 2.23 bits per heavy atom. The topological polar surface area (TPSA) is 0 Å². The smallest absolute Gasteiger partial charge is 0.0757 e. The van der Waals surface area contributed by atoms with Gasteiger partial charge in [0.15, 0.2) is 0 Å². The molecule has 0 radical (unpaired) electrons. The van der Waals surface area contributed by atoms with E-state index in [1.54, 1.807) is 0 Å². The van der Waals surface area contributed by atoms with Crippen LogP contribution in [-0.4, -0.2) is 8.07 Å². The first-order chi connectivity index (χ1) is 6.11. The molecule has 0 nitrogen and oxygen atoms in total. The van der Waals surface area contributed by atoms with E-state index in [2.05, 4.69) is 26.9 Å². The zero-order chi connectivity index (χ0) is 9.90. The summed E-state index contributed by atoms with van der Waals surface area (Å²) in [5.41, 5.74) is 1.85. The van der Waals surface area contributed by atoms with Crippen molar-refractivity contribution in [1.82, 2.24) is 0 Å². The van der Waals surface area contributed by atoms with Crippen LogP contribution in [0.25, 0.3) is 0 Å². The molecule has 0 saturated carbocycles. The summed E-state index contributed by atoms with van der Waals surface area (Å²) in [5, 5.41) is 1.93. The zero-order valence-corrected chi connectivity index (χ0v) is 10.7. The highest BCUT2D eigenvalue weighted by molar-refractivity contribution is 6.85. The predicted octanol–water partition coefficient (Wildman–Crippen LogP) is 4.53. The Bertz CT molecular complexity index is 201. The molecule has 1 rings (SSSR count). The second-order valence-electron chi connectivity index (χ2n) is 4.97. The van der Waals surface area contributed by atoms with E-state index in [0.717, 1.165) is 0 Å². The van der Waals surface area contributed by atoms with E-state index in [1.165, 1.54) is 38.1 Å². The van der Waals surface area contributed by atoms with Crippen molar-refractivity contribution in [2.45, 2.75) is 65.1 Å². The fourth-order valence-corrected chi connectivity index (χ4v) is 5.95. The second kappa shape index (κ2) is 4.45. The lowest BCUT2D eigenvalue weighted by Crippen LogP contribution is -2.24. The molecule has 1 aliphatic heterocycles. The normalized spacial score (nSPS) is 21.2. The van der Waals surface area contributed by atoms with Gasteiger partial charge in [0.25, 0.3) is 0 Å². The van der Waals surface area contributed by atoms with Gasteiger partial charge in [-0.25, -0.2) is 0 Å². The number of rotatable bonds is 4. The molecule has 0 unspecified atom stereocenters. The van der Waals surface area contributed by atoms with Crippen LogP contribution in [0, 0.1) is 0 Å². The monoisotopic (exact) mass is 196 g/mol. The minimum Gasteiger partial charge on any atom is -0.0816 e. The summed E-state index contributed by atoms with van der Waals surface area (Å²) < 4.78 is 0. The highest BCUT2D eigenvalue weighted by Crippen LogP contribution is 2.39. The quantitative estimate of drug-likeness (QED) is 0.579. The van der Waals surface area contributed by atoms with Gasteiger partial charge in [-0.3, -0.25) is 0 Å². The molecule has 0 fully saturated rings. The molecule has 0 bridgehead atoms. The van der Waals surface area contributed by atoms with Crippen molar-refractivity contribution < 1.29 is 0 Å². The fourth-order valence-electron chi connectivity index (χ4n) is 2.59. The number of hydrogen-bond acceptors (Lipinski definition) is 0. The number of allylic oxidation sites excluding steroid dienone is 2.